The number of nitrogens with one attached hydrogen (secondary N) is 1. The SMILES string of the molecule is Cn1ncnc1SCc1csc(C(=O)NN)n1. The minimum Gasteiger partial charge on any atom is -0.288 e. The third-order valence-corrected chi connectivity index (χ3v) is 3.85. The Balaban J connectivity index is 1.98. The minimum absolute atomic E-state index is 0.362. The summed E-state index contributed by atoms with van der Waals surface area (Å²) in [4.78, 5) is 19.4. The van der Waals surface area contributed by atoms with Crippen LogP contribution in [0.3, 0.4) is 0 Å². The molecule has 2 aromatic rings. The van der Waals surface area contributed by atoms with Crippen molar-refractivity contribution in [3.05, 3.63) is 22.4 Å². The molecule has 0 aliphatic rings. The molecule has 0 saturated heterocycles. The number of nitrogen functional groups attached to an aromatic ring is 1. The molecular weight excluding hydrogens is 260 g/mol. The maximum atomic E-state index is 11.2. The van der Waals surface area contributed by atoms with Gasteiger partial charge in [0.05, 0.1) is 5.69 Å². The number of hydrogen-bond acceptors (Lipinski definition) is 7. The molecule has 3 N–H and O–H groups in total. The van der Waals surface area contributed by atoms with Gasteiger partial charge in [-0.15, -0.1) is 11.3 Å². The monoisotopic (exact) mass is 270 g/mol. The summed E-state index contributed by atoms with van der Waals surface area (Å²) in [5.41, 5.74) is 2.87. The number of nitrogens with two attached hydrogens (primary N) is 1. The van der Waals surface area contributed by atoms with Crippen LogP contribution in [0.5, 0.6) is 0 Å². The number of carbonyl (C=O) groups is 1. The predicted molar refractivity (Wildman–Crippen MR) is 64.3 cm³/mol. The first-order valence-corrected chi connectivity index (χ1v) is 6.49. The molecule has 0 atom stereocenters. The molecular formula is C8H10N6OS2. The number of hydrazine groups is 1. The van der Waals surface area contributed by atoms with Gasteiger partial charge in [-0.05, 0) is 0 Å². The lowest BCUT2D eigenvalue weighted by atomic mass is 10.5. The minimum atomic E-state index is -0.370. The van der Waals surface area contributed by atoms with Crippen molar-refractivity contribution in [1.29, 1.82) is 0 Å². The van der Waals surface area contributed by atoms with E-state index in [1.54, 1.807) is 4.68 Å². The van der Waals surface area contributed by atoms with Crippen LogP contribution < -0.4 is 11.3 Å². The fourth-order valence-corrected chi connectivity index (χ4v) is 2.70. The fourth-order valence-electron chi connectivity index (χ4n) is 1.09. The largest absolute Gasteiger partial charge is 0.294 e. The predicted octanol–water partition coefficient (Wildman–Crippen LogP) is 0.167. The van der Waals surface area contributed by atoms with Gasteiger partial charge in [-0.25, -0.2) is 20.5 Å². The van der Waals surface area contributed by atoms with Crippen LogP contribution in [0.2, 0.25) is 0 Å². The highest BCUT2D eigenvalue weighted by atomic mass is 32.2. The van der Waals surface area contributed by atoms with E-state index < -0.39 is 0 Å². The molecule has 0 bridgehead atoms. The zero-order valence-corrected chi connectivity index (χ0v) is 10.6. The number of rotatable bonds is 4. The first-order valence-electron chi connectivity index (χ1n) is 4.63. The molecule has 0 spiro atoms. The second-order valence-electron chi connectivity index (χ2n) is 3.07. The molecule has 0 aliphatic carbocycles. The lowest BCUT2D eigenvalue weighted by Crippen LogP contribution is -2.29. The molecule has 0 aromatic carbocycles. The van der Waals surface area contributed by atoms with E-state index in [9.17, 15) is 4.79 Å². The van der Waals surface area contributed by atoms with E-state index >= 15 is 0 Å². The maximum Gasteiger partial charge on any atom is 0.294 e. The Kier molecular flexibility index (Phi) is 3.71. The molecule has 2 aromatic heterocycles. The van der Waals surface area contributed by atoms with Crippen molar-refractivity contribution in [2.75, 3.05) is 0 Å². The van der Waals surface area contributed by atoms with Crippen molar-refractivity contribution in [3.63, 3.8) is 0 Å². The highest BCUT2D eigenvalue weighted by Crippen LogP contribution is 2.20. The van der Waals surface area contributed by atoms with E-state index in [1.165, 1.54) is 29.4 Å². The highest BCUT2D eigenvalue weighted by Gasteiger charge is 2.10. The van der Waals surface area contributed by atoms with Crippen molar-refractivity contribution in [3.8, 4) is 0 Å². The molecule has 0 saturated carbocycles. The Hall–Kier alpha value is -1.45. The third-order valence-electron chi connectivity index (χ3n) is 1.90. The normalized spacial score (nSPS) is 10.5. The van der Waals surface area contributed by atoms with Gasteiger partial charge in [-0.2, -0.15) is 5.10 Å². The van der Waals surface area contributed by atoms with E-state index in [-0.39, 0.29) is 5.91 Å². The smallest absolute Gasteiger partial charge is 0.288 e. The summed E-state index contributed by atoms with van der Waals surface area (Å²) in [5, 5.41) is 6.96. The Morgan fingerprint density at radius 1 is 1.71 bits per heavy atom. The van der Waals surface area contributed by atoms with E-state index in [1.807, 2.05) is 17.9 Å². The van der Waals surface area contributed by atoms with Crippen LogP contribution in [0.4, 0.5) is 0 Å². The van der Waals surface area contributed by atoms with E-state index in [4.69, 9.17) is 5.84 Å². The number of thioether (sulfide) groups is 1. The van der Waals surface area contributed by atoms with Crippen LogP contribution in [-0.4, -0.2) is 25.7 Å². The zero-order chi connectivity index (χ0) is 12.3. The quantitative estimate of drug-likeness (QED) is 0.355. The second-order valence-corrected chi connectivity index (χ2v) is 4.87. The average molecular weight is 270 g/mol. The van der Waals surface area contributed by atoms with E-state index in [0.717, 1.165) is 10.9 Å². The number of thiazole rings is 1. The van der Waals surface area contributed by atoms with Crippen LogP contribution in [0.1, 0.15) is 15.5 Å². The number of carbonyl (C=O) groups excluding carboxylic acids is 1. The molecule has 17 heavy (non-hydrogen) atoms. The van der Waals surface area contributed by atoms with Crippen molar-refractivity contribution < 1.29 is 4.79 Å². The molecule has 7 nitrogen and oxygen atoms in total. The lowest BCUT2D eigenvalue weighted by molar-refractivity contribution is 0.0953. The summed E-state index contributed by atoms with van der Waals surface area (Å²) < 4.78 is 1.69. The Labute approximate surface area is 105 Å². The molecule has 0 fully saturated rings. The standard InChI is InChI=1S/C8H10N6OS2/c1-14-8(10-4-11-14)17-3-5-2-16-7(12-5)6(15)13-9/h2,4H,3,9H2,1H3,(H,13,15). The van der Waals surface area contributed by atoms with E-state index in [0.29, 0.717) is 10.8 Å². The summed E-state index contributed by atoms with van der Waals surface area (Å²) in [6.07, 6.45) is 1.50. The highest BCUT2D eigenvalue weighted by molar-refractivity contribution is 7.98. The number of aromatic nitrogens is 4. The zero-order valence-electron chi connectivity index (χ0n) is 8.95. The Morgan fingerprint density at radius 2 is 2.53 bits per heavy atom. The topological polar surface area (TPSA) is 98.7 Å². The Morgan fingerprint density at radius 3 is 3.18 bits per heavy atom. The molecule has 0 aliphatic heterocycles. The second kappa shape index (κ2) is 5.25. The summed E-state index contributed by atoms with van der Waals surface area (Å²) in [5.74, 6) is 5.29. The van der Waals surface area contributed by atoms with Crippen LogP contribution in [-0.2, 0) is 12.8 Å². The average Bonchev–Trinajstić information content (AvgIpc) is 2.94. The van der Waals surface area contributed by atoms with Crippen LogP contribution in [0.15, 0.2) is 16.9 Å². The summed E-state index contributed by atoms with van der Waals surface area (Å²) in [6, 6.07) is 0. The first kappa shape index (κ1) is 12.0. The first-order chi connectivity index (χ1) is 8.20. The summed E-state index contributed by atoms with van der Waals surface area (Å²) in [7, 11) is 1.82. The van der Waals surface area contributed by atoms with Crippen LogP contribution in [0.25, 0.3) is 0 Å². The van der Waals surface area contributed by atoms with Gasteiger partial charge in [0, 0.05) is 18.2 Å². The van der Waals surface area contributed by atoms with E-state index in [2.05, 4.69) is 15.1 Å². The van der Waals surface area contributed by atoms with Crippen LogP contribution in [0, 0.1) is 0 Å². The molecule has 90 valence electrons. The number of nitrogens with zero attached hydrogens (tertiary/aromatic N) is 4. The number of hydrogen-bond donors (Lipinski definition) is 2. The third kappa shape index (κ3) is 2.81. The van der Waals surface area contributed by atoms with Gasteiger partial charge < -0.3 is 0 Å². The Bertz CT molecular complexity index is 522. The van der Waals surface area contributed by atoms with Gasteiger partial charge >= 0.3 is 0 Å². The molecule has 0 radical (unpaired) electrons. The molecule has 2 rings (SSSR count). The van der Waals surface area contributed by atoms with Crippen molar-refractivity contribution in [2.24, 2.45) is 12.9 Å². The van der Waals surface area contributed by atoms with Gasteiger partial charge in [0.15, 0.2) is 10.2 Å². The number of aryl methyl sites for hydroxylation is 1. The molecule has 9 heteroatoms. The van der Waals surface area contributed by atoms with Gasteiger partial charge in [0.2, 0.25) is 0 Å². The summed E-state index contributed by atoms with van der Waals surface area (Å²) >= 11 is 2.77. The van der Waals surface area contributed by atoms with Gasteiger partial charge in [0.25, 0.3) is 5.91 Å². The maximum absolute atomic E-state index is 11.2. The van der Waals surface area contributed by atoms with Gasteiger partial charge in [0.1, 0.15) is 6.33 Å². The summed E-state index contributed by atoms with van der Waals surface area (Å²) in [6.45, 7) is 0. The molecule has 2 heterocycles. The lowest BCUT2D eigenvalue weighted by Gasteiger charge is -1.97. The van der Waals surface area contributed by atoms with Crippen molar-refractivity contribution in [1.82, 2.24) is 25.2 Å². The number of amides is 1. The molecule has 1 amide bonds. The van der Waals surface area contributed by atoms with Crippen LogP contribution >= 0.6 is 23.1 Å². The van der Waals surface area contributed by atoms with Gasteiger partial charge in [-0.1, -0.05) is 11.8 Å². The van der Waals surface area contributed by atoms with Crippen molar-refractivity contribution in [2.45, 2.75) is 10.9 Å². The van der Waals surface area contributed by atoms with Crippen molar-refractivity contribution >= 4 is 29.0 Å². The molecule has 0 unspecified atom stereocenters. The fraction of sp³-hybridized carbons (Fsp3) is 0.250. The van der Waals surface area contributed by atoms with Gasteiger partial charge in [-0.3, -0.25) is 10.2 Å².